The van der Waals surface area contributed by atoms with E-state index >= 15 is 0 Å². The molecular weight excluding hydrogens is 231 g/mol. The molecule has 0 bridgehead atoms. The first kappa shape index (κ1) is 14.6. The largest absolute Gasteiger partial charge is 0.325 e. The van der Waals surface area contributed by atoms with Crippen LogP contribution in [0.2, 0.25) is 0 Å². The van der Waals surface area contributed by atoms with Crippen molar-refractivity contribution in [2.75, 3.05) is 18.4 Å². The standard InChI is InChI=1S/C14H21FN2O/c1-11(2)4-3-9-16-10-14(18)17-13-7-5-12(15)6-8-13/h5-8,11,16H,3-4,9-10H2,1-2H3,(H,17,18). The summed E-state index contributed by atoms with van der Waals surface area (Å²) < 4.78 is 12.7. The van der Waals surface area contributed by atoms with E-state index in [1.54, 1.807) is 12.1 Å². The first-order chi connectivity index (χ1) is 8.58. The van der Waals surface area contributed by atoms with Gasteiger partial charge >= 0.3 is 0 Å². The SMILES string of the molecule is CC(C)CCCNCC(=O)Nc1ccc(F)cc1. The number of rotatable bonds is 7. The number of nitrogens with one attached hydrogen (secondary N) is 2. The summed E-state index contributed by atoms with van der Waals surface area (Å²) in [6.07, 6.45) is 2.23. The number of carbonyl (C=O) groups excluding carboxylic acids is 1. The Balaban J connectivity index is 2.16. The van der Waals surface area contributed by atoms with Crippen molar-refractivity contribution in [1.82, 2.24) is 5.32 Å². The molecular formula is C14H21FN2O. The van der Waals surface area contributed by atoms with Crippen LogP contribution in [0.3, 0.4) is 0 Å². The molecule has 4 heteroatoms. The van der Waals surface area contributed by atoms with Crippen molar-refractivity contribution in [2.24, 2.45) is 5.92 Å². The molecule has 0 unspecified atom stereocenters. The maximum Gasteiger partial charge on any atom is 0.238 e. The molecule has 0 radical (unpaired) electrons. The molecule has 0 heterocycles. The minimum Gasteiger partial charge on any atom is -0.325 e. The fourth-order valence-corrected chi connectivity index (χ4v) is 1.58. The van der Waals surface area contributed by atoms with E-state index in [1.165, 1.54) is 12.1 Å². The zero-order valence-electron chi connectivity index (χ0n) is 11.0. The second-order valence-electron chi connectivity index (χ2n) is 4.77. The molecule has 100 valence electrons. The molecule has 1 amide bonds. The highest BCUT2D eigenvalue weighted by molar-refractivity contribution is 5.92. The summed E-state index contributed by atoms with van der Waals surface area (Å²) in [5, 5.41) is 5.79. The van der Waals surface area contributed by atoms with Gasteiger partial charge in [0.1, 0.15) is 5.82 Å². The maximum absolute atomic E-state index is 12.7. The number of carbonyl (C=O) groups is 1. The van der Waals surface area contributed by atoms with Crippen LogP contribution in [0.1, 0.15) is 26.7 Å². The molecule has 0 aliphatic heterocycles. The highest BCUT2D eigenvalue weighted by Crippen LogP contribution is 2.07. The van der Waals surface area contributed by atoms with E-state index in [9.17, 15) is 9.18 Å². The molecule has 0 saturated carbocycles. The molecule has 0 aliphatic rings. The van der Waals surface area contributed by atoms with Gasteiger partial charge in [-0.25, -0.2) is 4.39 Å². The average molecular weight is 252 g/mol. The lowest BCUT2D eigenvalue weighted by Gasteiger charge is -2.07. The van der Waals surface area contributed by atoms with Crippen LogP contribution in [-0.2, 0) is 4.79 Å². The zero-order valence-corrected chi connectivity index (χ0v) is 11.0. The van der Waals surface area contributed by atoms with Crippen molar-refractivity contribution in [2.45, 2.75) is 26.7 Å². The van der Waals surface area contributed by atoms with Gasteiger partial charge in [-0.3, -0.25) is 4.79 Å². The molecule has 1 rings (SSSR count). The summed E-state index contributed by atoms with van der Waals surface area (Å²) >= 11 is 0. The Morgan fingerprint density at radius 2 is 1.94 bits per heavy atom. The van der Waals surface area contributed by atoms with Crippen LogP contribution in [0.5, 0.6) is 0 Å². The predicted octanol–water partition coefficient (Wildman–Crippen LogP) is 2.79. The topological polar surface area (TPSA) is 41.1 Å². The third kappa shape index (κ3) is 6.35. The molecule has 0 atom stereocenters. The Hall–Kier alpha value is -1.42. The molecule has 3 nitrogen and oxygen atoms in total. The third-order valence-corrected chi connectivity index (χ3v) is 2.55. The van der Waals surface area contributed by atoms with Gasteiger partial charge in [-0.15, -0.1) is 0 Å². The predicted molar refractivity (Wildman–Crippen MR) is 72.0 cm³/mol. The average Bonchev–Trinajstić information content (AvgIpc) is 2.31. The minimum atomic E-state index is -0.306. The Kier molecular flexibility index (Phi) is 6.36. The Bertz CT molecular complexity index is 363. The van der Waals surface area contributed by atoms with Gasteiger partial charge in [-0.05, 0) is 49.6 Å². The summed E-state index contributed by atoms with van der Waals surface area (Å²) in [6.45, 7) is 5.49. The van der Waals surface area contributed by atoms with Crippen LogP contribution < -0.4 is 10.6 Å². The van der Waals surface area contributed by atoms with Gasteiger partial charge in [0.2, 0.25) is 5.91 Å². The van der Waals surface area contributed by atoms with E-state index in [-0.39, 0.29) is 18.3 Å². The molecule has 0 aliphatic carbocycles. The highest BCUT2D eigenvalue weighted by Gasteiger charge is 2.02. The molecule has 2 N–H and O–H groups in total. The first-order valence-electron chi connectivity index (χ1n) is 6.34. The van der Waals surface area contributed by atoms with Gasteiger partial charge in [0.05, 0.1) is 6.54 Å². The Labute approximate surface area is 108 Å². The van der Waals surface area contributed by atoms with Crippen molar-refractivity contribution in [3.63, 3.8) is 0 Å². The summed E-state index contributed by atoms with van der Waals surface area (Å²) in [7, 11) is 0. The number of anilines is 1. The van der Waals surface area contributed by atoms with Gasteiger partial charge in [-0.1, -0.05) is 13.8 Å². The van der Waals surface area contributed by atoms with Crippen molar-refractivity contribution in [3.8, 4) is 0 Å². The van der Waals surface area contributed by atoms with Crippen molar-refractivity contribution < 1.29 is 9.18 Å². The first-order valence-corrected chi connectivity index (χ1v) is 6.34. The van der Waals surface area contributed by atoms with E-state index < -0.39 is 0 Å². The van der Waals surface area contributed by atoms with Crippen LogP contribution in [0.25, 0.3) is 0 Å². The lowest BCUT2D eigenvalue weighted by atomic mass is 10.1. The second-order valence-corrected chi connectivity index (χ2v) is 4.77. The van der Waals surface area contributed by atoms with Crippen LogP contribution in [-0.4, -0.2) is 19.0 Å². The molecule has 0 spiro atoms. The highest BCUT2D eigenvalue weighted by atomic mass is 19.1. The van der Waals surface area contributed by atoms with Crippen LogP contribution in [0, 0.1) is 11.7 Å². The van der Waals surface area contributed by atoms with Gasteiger partial charge in [0.15, 0.2) is 0 Å². The lowest BCUT2D eigenvalue weighted by molar-refractivity contribution is -0.115. The summed E-state index contributed by atoms with van der Waals surface area (Å²) in [6, 6.07) is 5.75. The van der Waals surface area contributed by atoms with E-state index in [0.717, 1.165) is 19.4 Å². The van der Waals surface area contributed by atoms with Gasteiger partial charge in [0.25, 0.3) is 0 Å². The van der Waals surface area contributed by atoms with Gasteiger partial charge in [0, 0.05) is 5.69 Å². The normalized spacial score (nSPS) is 10.7. The number of halogens is 1. The maximum atomic E-state index is 12.7. The minimum absolute atomic E-state index is 0.105. The second kappa shape index (κ2) is 7.82. The van der Waals surface area contributed by atoms with Crippen molar-refractivity contribution >= 4 is 11.6 Å². The molecule has 0 aromatic heterocycles. The van der Waals surface area contributed by atoms with E-state index in [0.29, 0.717) is 11.6 Å². The fraction of sp³-hybridized carbons (Fsp3) is 0.500. The Morgan fingerprint density at radius 1 is 1.28 bits per heavy atom. The molecule has 18 heavy (non-hydrogen) atoms. The van der Waals surface area contributed by atoms with E-state index in [4.69, 9.17) is 0 Å². The summed E-state index contributed by atoms with van der Waals surface area (Å²) in [5.74, 6) is 0.283. The van der Waals surface area contributed by atoms with Gasteiger partial charge < -0.3 is 10.6 Å². The monoisotopic (exact) mass is 252 g/mol. The van der Waals surface area contributed by atoms with E-state index in [1.807, 2.05) is 0 Å². The summed E-state index contributed by atoms with van der Waals surface area (Å²) in [4.78, 5) is 11.5. The number of hydrogen-bond donors (Lipinski definition) is 2. The van der Waals surface area contributed by atoms with Crippen LogP contribution in [0.15, 0.2) is 24.3 Å². The summed E-state index contributed by atoms with van der Waals surface area (Å²) in [5.41, 5.74) is 0.616. The quantitative estimate of drug-likeness (QED) is 0.733. The number of amides is 1. The van der Waals surface area contributed by atoms with Crippen LogP contribution in [0.4, 0.5) is 10.1 Å². The molecule has 0 fully saturated rings. The van der Waals surface area contributed by atoms with Gasteiger partial charge in [-0.2, -0.15) is 0 Å². The smallest absolute Gasteiger partial charge is 0.238 e. The Morgan fingerprint density at radius 3 is 2.56 bits per heavy atom. The zero-order chi connectivity index (χ0) is 13.4. The van der Waals surface area contributed by atoms with Crippen molar-refractivity contribution in [3.05, 3.63) is 30.1 Å². The number of hydrogen-bond acceptors (Lipinski definition) is 2. The van der Waals surface area contributed by atoms with Crippen molar-refractivity contribution in [1.29, 1.82) is 0 Å². The molecule has 1 aromatic rings. The third-order valence-electron chi connectivity index (χ3n) is 2.55. The van der Waals surface area contributed by atoms with Crippen LogP contribution >= 0.6 is 0 Å². The number of benzene rings is 1. The molecule has 1 aromatic carbocycles. The van der Waals surface area contributed by atoms with E-state index in [2.05, 4.69) is 24.5 Å². The lowest BCUT2D eigenvalue weighted by Crippen LogP contribution is -2.28. The molecule has 0 saturated heterocycles. The fourth-order valence-electron chi connectivity index (χ4n) is 1.58.